The number of anilines is 1. The Bertz CT molecular complexity index is 563. The number of rotatable bonds is 2. The molecule has 0 bridgehead atoms. The number of hydrogen-bond donors (Lipinski definition) is 1. The highest BCUT2D eigenvalue weighted by atomic mass is 16.5. The van der Waals surface area contributed by atoms with Gasteiger partial charge in [0.15, 0.2) is 0 Å². The second-order valence-electron chi connectivity index (χ2n) is 4.40. The van der Waals surface area contributed by atoms with Crippen molar-refractivity contribution in [2.24, 2.45) is 0 Å². The lowest BCUT2D eigenvalue weighted by atomic mass is 10.0. The Morgan fingerprint density at radius 2 is 1.79 bits per heavy atom. The van der Waals surface area contributed by atoms with Crippen molar-refractivity contribution >= 4 is 23.5 Å². The zero-order chi connectivity index (χ0) is 14.2. The number of benzene rings is 1. The van der Waals surface area contributed by atoms with E-state index < -0.39 is 17.8 Å². The molecule has 0 unspecified atom stereocenters. The highest BCUT2D eigenvalue weighted by molar-refractivity contribution is 6.19. The first-order valence-electron chi connectivity index (χ1n) is 5.70. The van der Waals surface area contributed by atoms with Crippen LogP contribution in [0.3, 0.4) is 0 Å². The number of carboxylic acids is 1. The summed E-state index contributed by atoms with van der Waals surface area (Å²) in [5.74, 6) is -2.27. The van der Waals surface area contributed by atoms with Gasteiger partial charge in [0.05, 0.1) is 11.3 Å². The molecule has 1 fully saturated rings. The van der Waals surface area contributed by atoms with Gasteiger partial charge in [-0.25, -0.2) is 9.69 Å². The van der Waals surface area contributed by atoms with Crippen LogP contribution < -0.4 is 4.90 Å². The third-order valence-corrected chi connectivity index (χ3v) is 2.85. The van der Waals surface area contributed by atoms with Crippen LogP contribution in [0, 0.1) is 13.8 Å². The van der Waals surface area contributed by atoms with Crippen molar-refractivity contribution in [2.75, 3.05) is 18.1 Å². The maximum absolute atomic E-state index is 11.8. The van der Waals surface area contributed by atoms with E-state index >= 15 is 0 Å². The summed E-state index contributed by atoms with van der Waals surface area (Å²) in [6.45, 7) is 2.98. The van der Waals surface area contributed by atoms with Crippen molar-refractivity contribution in [3.63, 3.8) is 0 Å². The van der Waals surface area contributed by atoms with Gasteiger partial charge < -0.3 is 9.84 Å². The van der Waals surface area contributed by atoms with Gasteiger partial charge in [-0.2, -0.15) is 0 Å². The summed E-state index contributed by atoms with van der Waals surface area (Å²) in [7, 11) is 0. The molecule has 2 rings (SSSR count). The number of carbonyl (C=O) groups excluding carboxylic acids is 2. The number of amides is 2. The maximum atomic E-state index is 11.8. The zero-order valence-electron chi connectivity index (χ0n) is 10.6. The first-order chi connectivity index (χ1) is 8.91. The molecular weight excluding hydrogens is 250 g/mol. The molecule has 6 nitrogen and oxygen atoms in total. The van der Waals surface area contributed by atoms with Gasteiger partial charge in [-0.05, 0) is 31.0 Å². The average molecular weight is 263 g/mol. The predicted molar refractivity (Wildman–Crippen MR) is 66.2 cm³/mol. The standard InChI is InChI=1S/C13H13NO5/c1-7-3-8(2)12(9(4-7)13(17)18)14-10(15)5-19-6-11(14)16/h3-4H,5-6H2,1-2H3,(H,17,18). The number of morpholine rings is 1. The van der Waals surface area contributed by atoms with E-state index in [0.29, 0.717) is 5.56 Å². The summed E-state index contributed by atoms with van der Waals surface area (Å²) in [6.07, 6.45) is 0. The molecular formula is C13H13NO5. The second kappa shape index (κ2) is 4.81. The van der Waals surface area contributed by atoms with Crippen LogP contribution in [0.4, 0.5) is 5.69 Å². The fourth-order valence-corrected chi connectivity index (χ4v) is 2.16. The molecule has 0 aromatic heterocycles. The summed E-state index contributed by atoms with van der Waals surface area (Å²) in [5.41, 5.74) is 1.41. The SMILES string of the molecule is Cc1cc(C)c(N2C(=O)COCC2=O)c(C(=O)O)c1. The highest BCUT2D eigenvalue weighted by Crippen LogP contribution is 2.28. The Balaban J connectivity index is 2.63. The van der Waals surface area contributed by atoms with Crippen molar-refractivity contribution in [1.82, 2.24) is 0 Å². The summed E-state index contributed by atoms with van der Waals surface area (Å²) in [6, 6.07) is 3.18. The number of aryl methyl sites for hydroxylation is 2. The smallest absolute Gasteiger partial charge is 0.337 e. The van der Waals surface area contributed by atoms with Gasteiger partial charge in [-0.15, -0.1) is 0 Å². The van der Waals surface area contributed by atoms with Crippen LogP contribution >= 0.6 is 0 Å². The summed E-state index contributed by atoms with van der Waals surface area (Å²) in [5, 5.41) is 9.24. The molecule has 100 valence electrons. The van der Waals surface area contributed by atoms with Gasteiger partial charge in [0, 0.05) is 0 Å². The largest absolute Gasteiger partial charge is 0.478 e. The molecule has 1 saturated heterocycles. The third kappa shape index (κ3) is 2.34. The molecule has 0 spiro atoms. The Hall–Kier alpha value is -2.21. The van der Waals surface area contributed by atoms with E-state index in [4.69, 9.17) is 4.74 Å². The minimum absolute atomic E-state index is 0.0545. The van der Waals surface area contributed by atoms with Gasteiger partial charge in [-0.1, -0.05) is 6.07 Å². The van der Waals surface area contributed by atoms with Crippen molar-refractivity contribution in [3.8, 4) is 0 Å². The predicted octanol–water partition coefficient (Wildman–Crippen LogP) is 0.891. The molecule has 0 atom stereocenters. The van der Waals surface area contributed by atoms with Gasteiger partial charge in [-0.3, -0.25) is 9.59 Å². The van der Waals surface area contributed by atoms with Crippen molar-refractivity contribution < 1.29 is 24.2 Å². The Labute approximate surface area is 109 Å². The lowest BCUT2D eigenvalue weighted by molar-refractivity contribution is -0.138. The number of carboxylic acid groups (broad SMARTS) is 1. The first kappa shape index (κ1) is 13.2. The van der Waals surface area contributed by atoms with E-state index in [-0.39, 0.29) is 24.5 Å². The molecule has 1 aliphatic heterocycles. The molecule has 0 saturated carbocycles. The molecule has 1 aliphatic rings. The fraction of sp³-hybridized carbons (Fsp3) is 0.308. The van der Waals surface area contributed by atoms with Crippen LogP contribution in [0.2, 0.25) is 0 Å². The molecule has 2 amide bonds. The Morgan fingerprint density at radius 1 is 1.21 bits per heavy atom. The Morgan fingerprint density at radius 3 is 2.32 bits per heavy atom. The monoisotopic (exact) mass is 263 g/mol. The molecule has 6 heteroatoms. The topological polar surface area (TPSA) is 83.9 Å². The lowest BCUT2D eigenvalue weighted by Gasteiger charge is -2.27. The van der Waals surface area contributed by atoms with E-state index in [2.05, 4.69) is 0 Å². The van der Waals surface area contributed by atoms with Crippen LogP contribution in [-0.2, 0) is 14.3 Å². The van der Waals surface area contributed by atoms with Crippen LogP contribution in [0.5, 0.6) is 0 Å². The molecule has 19 heavy (non-hydrogen) atoms. The van der Waals surface area contributed by atoms with E-state index in [1.165, 1.54) is 6.07 Å². The number of hydrogen-bond acceptors (Lipinski definition) is 4. The molecule has 0 aliphatic carbocycles. The Kier molecular flexibility index (Phi) is 3.35. The molecule has 1 heterocycles. The van der Waals surface area contributed by atoms with Crippen LogP contribution in [0.1, 0.15) is 21.5 Å². The van der Waals surface area contributed by atoms with Crippen molar-refractivity contribution in [3.05, 3.63) is 28.8 Å². The third-order valence-electron chi connectivity index (χ3n) is 2.85. The van der Waals surface area contributed by atoms with Gasteiger partial charge >= 0.3 is 5.97 Å². The summed E-state index contributed by atoms with van der Waals surface area (Å²) >= 11 is 0. The summed E-state index contributed by atoms with van der Waals surface area (Å²) in [4.78, 5) is 35.8. The number of nitrogens with zero attached hydrogens (tertiary/aromatic N) is 1. The van der Waals surface area contributed by atoms with Crippen LogP contribution in [-0.4, -0.2) is 36.1 Å². The fourth-order valence-electron chi connectivity index (χ4n) is 2.16. The maximum Gasteiger partial charge on any atom is 0.337 e. The first-order valence-corrected chi connectivity index (χ1v) is 5.70. The van der Waals surface area contributed by atoms with Crippen LogP contribution in [0.15, 0.2) is 12.1 Å². The molecule has 1 aromatic carbocycles. The molecule has 0 radical (unpaired) electrons. The van der Waals surface area contributed by atoms with Gasteiger partial charge in [0.1, 0.15) is 13.2 Å². The van der Waals surface area contributed by atoms with E-state index in [1.54, 1.807) is 19.9 Å². The van der Waals surface area contributed by atoms with Gasteiger partial charge in [0.2, 0.25) is 0 Å². The van der Waals surface area contributed by atoms with E-state index in [1.807, 2.05) is 0 Å². The average Bonchev–Trinajstić information content (AvgIpc) is 2.30. The van der Waals surface area contributed by atoms with Gasteiger partial charge in [0.25, 0.3) is 11.8 Å². The molecule has 1 N–H and O–H groups in total. The minimum Gasteiger partial charge on any atom is -0.478 e. The molecule has 1 aromatic rings. The van der Waals surface area contributed by atoms with Crippen LogP contribution in [0.25, 0.3) is 0 Å². The number of imide groups is 1. The quantitative estimate of drug-likeness (QED) is 0.801. The van der Waals surface area contributed by atoms with Crippen molar-refractivity contribution in [2.45, 2.75) is 13.8 Å². The lowest BCUT2D eigenvalue weighted by Crippen LogP contribution is -2.47. The van der Waals surface area contributed by atoms with Crippen molar-refractivity contribution in [1.29, 1.82) is 0 Å². The van der Waals surface area contributed by atoms with E-state index in [9.17, 15) is 19.5 Å². The number of carbonyl (C=O) groups is 3. The summed E-state index contributed by atoms with van der Waals surface area (Å²) < 4.78 is 4.82. The normalized spacial score (nSPS) is 15.8. The minimum atomic E-state index is -1.17. The van der Waals surface area contributed by atoms with E-state index in [0.717, 1.165) is 10.5 Å². The second-order valence-corrected chi connectivity index (χ2v) is 4.40. The number of ether oxygens (including phenoxy) is 1. The zero-order valence-corrected chi connectivity index (χ0v) is 10.6. The highest BCUT2D eigenvalue weighted by Gasteiger charge is 2.32. The number of aromatic carboxylic acids is 1.